The van der Waals surface area contributed by atoms with Crippen molar-refractivity contribution in [2.24, 2.45) is 0 Å². The van der Waals surface area contributed by atoms with Crippen LogP contribution in [0.15, 0.2) is 51.9 Å². The highest BCUT2D eigenvalue weighted by atomic mass is 32.2. The van der Waals surface area contributed by atoms with Gasteiger partial charge < -0.3 is 9.88 Å². The van der Waals surface area contributed by atoms with Gasteiger partial charge in [0, 0.05) is 62.5 Å². The number of para-hydroxylation sites is 2. The van der Waals surface area contributed by atoms with E-state index in [0.717, 1.165) is 65.2 Å². The molecule has 0 bridgehead atoms. The molecule has 0 saturated carbocycles. The molecule has 8 nitrogen and oxygen atoms in total. The minimum Gasteiger partial charge on any atom is -0.340 e. The first-order chi connectivity index (χ1) is 15.7. The maximum absolute atomic E-state index is 12.6. The molecule has 1 aliphatic rings. The molecule has 4 aromatic rings. The molecule has 1 amide bonds. The van der Waals surface area contributed by atoms with Gasteiger partial charge in [-0.25, -0.2) is 9.97 Å². The van der Waals surface area contributed by atoms with Crippen molar-refractivity contribution >= 4 is 45.0 Å². The maximum Gasteiger partial charge on any atom is 0.258 e. The third-order valence-electron chi connectivity index (χ3n) is 5.61. The number of nitrogens with zero attached hydrogens (tertiary/aromatic N) is 5. The number of carbonyl (C=O) groups excluding carboxylic acids is 1. The van der Waals surface area contributed by atoms with Gasteiger partial charge in [0.1, 0.15) is 0 Å². The summed E-state index contributed by atoms with van der Waals surface area (Å²) in [5, 5.41) is 2.77. The third kappa shape index (κ3) is 4.72. The van der Waals surface area contributed by atoms with Gasteiger partial charge in [0.2, 0.25) is 5.91 Å². The highest BCUT2D eigenvalue weighted by molar-refractivity contribution is 7.99. The largest absolute Gasteiger partial charge is 0.340 e. The second kappa shape index (κ2) is 9.43. The molecular weight excluding hydrogens is 444 g/mol. The van der Waals surface area contributed by atoms with E-state index in [4.69, 9.17) is 0 Å². The molecule has 166 valence electrons. The number of imidazole rings is 1. The van der Waals surface area contributed by atoms with E-state index in [9.17, 15) is 9.59 Å². The summed E-state index contributed by atoms with van der Waals surface area (Å²) in [6.45, 7) is 3.67. The lowest BCUT2D eigenvalue weighted by atomic mass is 10.2. The van der Waals surface area contributed by atoms with Crippen molar-refractivity contribution in [2.75, 3.05) is 31.9 Å². The van der Waals surface area contributed by atoms with Crippen molar-refractivity contribution in [3.63, 3.8) is 0 Å². The quantitative estimate of drug-likeness (QED) is 0.332. The van der Waals surface area contributed by atoms with Crippen LogP contribution in [-0.4, -0.2) is 67.0 Å². The minimum absolute atomic E-state index is 0.0411. The van der Waals surface area contributed by atoms with Gasteiger partial charge in [-0.05, 0) is 18.6 Å². The summed E-state index contributed by atoms with van der Waals surface area (Å²) in [6, 6.07) is 9.59. The number of carbonyl (C=O) groups is 1. The van der Waals surface area contributed by atoms with Crippen molar-refractivity contribution in [3.05, 3.63) is 58.0 Å². The number of hydrogen-bond donors (Lipinski definition) is 1. The van der Waals surface area contributed by atoms with Crippen LogP contribution in [0.2, 0.25) is 0 Å². The Kier molecular flexibility index (Phi) is 6.24. The second-order valence-corrected chi connectivity index (χ2v) is 9.77. The summed E-state index contributed by atoms with van der Waals surface area (Å²) in [4.78, 5) is 42.1. The fraction of sp³-hybridized carbons (Fsp3) is 0.364. The molecular formula is C22H24N6O2S2. The molecule has 1 aliphatic heterocycles. The molecule has 1 saturated heterocycles. The summed E-state index contributed by atoms with van der Waals surface area (Å²) < 4.78 is 1.57. The molecule has 0 radical (unpaired) electrons. The predicted molar refractivity (Wildman–Crippen MR) is 127 cm³/mol. The Balaban J connectivity index is 1.05. The fourth-order valence-electron chi connectivity index (χ4n) is 3.90. The van der Waals surface area contributed by atoms with E-state index in [-0.39, 0.29) is 11.5 Å². The number of aromatic amines is 1. The fourth-order valence-corrected chi connectivity index (χ4v) is 5.47. The van der Waals surface area contributed by atoms with Gasteiger partial charge in [-0.15, -0.1) is 11.3 Å². The van der Waals surface area contributed by atoms with Crippen molar-refractivity contribution in [1.82, 2.24) is 29.2 Å². The average Bonchev–Trinajstić information content (AvgIpc) is 3.44. The Hall–Kier alpha value is -2.69. The van der Waals surface area contributed by atoms with Crippen molar-refractivity contribution in [2.45, 2.75) is 24.5 Å². The molecule has 0 spiro atoms. The van der Waals surface area contributed by atoms with E-state index in [1.807, 2.05) is 34.5 Å². The number of benzene rings is 1. The molecule has 10 heteroatoms. The lowest BCUT2D eigenvalue weighted by molar-refractivity contribution is -0.133. The Morgan fingerprint density at radius 2 is 2.00 bits per heavy atom. The Labute approximate surface area is 193 Å². The van der Waals surface area contributed by atoms with E-state index in [2.05, 4.69) is 19.9 Å². The van der Waals surface area contributed by atoms with Gasteiger partial charge in [0.25, 0.3) is 5.56 Å². The number of H-pyrrole nitrogens is 1. The lowest BCUT2D eigenvalue weighted by Crippen LogP contribution is -2.48. The number of thiazole rings is 1. The van der Waals surface area contributed by atoms with Crippen LogP contribution in [0.3, 0.4) is 0 Å². The number of fused-ring (bicyclic) bond motifs is 2. The van der Waals surface area contributed by atoms with E-state index < -0.39 is 0 Å². The Bertz CT molecular complexity index is 1260. The Morgan fingerprint density at radius 3 is 2.84 bits per heavy atom. The normalized spacial score (nSPS) is 15.1. The molecule has 1 fully saturated rings. The molecule has 32 heavy (non-hydrogen) atoms. The first-order valence-corrected chi connectivity index (χ1v) is 12.6. The first-order valence-electron chi connectivity index (χ1n) is 10.7. The topological polar surface area (TPSA) is 86.6 Å². The van der Waals surface area contributed by atoms with Gasteiger partial charge in [-0.2, -0.15) is 0 Å². The maximum atomic E-state index is 12.6. The van der Waals surface area contributed by atoms with Crippen molar-refractivity contribution in [1.29, 1.82) is 0 Å². The summed E-state index contributed by atoms with van der Waals surface area (Å²) in [7, 11) is 0. The number of thioether (sulfide) groups is 1. The second-order valence-electron chi connectivity index (χ2n) is 7.81. The lowest BCUT2D eigenvalue weighted by Gasteiger charge is -2.34. The average molecular weight is 469 g/mol. The number of piperazine rings is 1. The predicted octanol–water partition coefficient (Wildman–Crippen LogP) is 2.85. The zero-order valence-corrected chi connectivity index (χ0v) is 19.2. The van der Waals surface area contributed by atoms with Crippen molar-refractivity contribution in [3.8, 4) is 0 Å². The summed E-state index contributed by atoms with van der Waals surface area (Å²) in [5.41, 5.74) is 2.76. The van der Waals surface area contributed by atoms with E-state index in [1.165, 1.54) is 11.3 Å². The van der Waals surface area contributed by atoms with Crippen LogP contribution in [0.5, 0.6) is 0 Å². The molecule has 0 unspecified atom stereocenters. The van der Waals surface area contributed by atoms with Gasteiger partial charge in [-0.3, -0.25) is 18.9 Å². The zero-order valence-electron chi connectivity index (χ0n) is 17.6. The summed E-state index contributed by atoms with van der Waals surface area (Å²) in [5.74, 6) is 1.07. The molecule has 3 aromatic heterocycles. The van der Waals surface area contributed by atoms with Crippen LogP contribution >= 0.6 is 23.1 Å². The van der Waals surface area contributed by atoms with Gasteiger partial charge in [0.05, 0.1) is 16.7 Å². The van der Waals surface area contributed by atoms with Gasteiger partial charge in [-0.1, -0.05) is 23.9 Å². The minimum atomic E-state index is -0.0411. The highest BCUT2D eigenvalue weighted by Gasteiger charge is 2.21. The number of amides is 1. The number of nitrogens with one attached hydrogen (secondary N) is 1. The van der Waals surface area contributed by atoms with Crippen LogP contribution in [0.4, 0.5) is 0 Å². The van der Waals surface area contributed by atoms with Gasteiger partial charge in [0.15, 0.2) is 10.1 Å². The molecule has 4 heterocycles. The van der Waals surface area contributed by atoms with E-state index in [0.29, 0.717) is 13.0 Å². The number of aromatic nitrogens is 4. The van der Waals surface area contributed by atoms with Gasteiger partial charge >= 0.3 is 0 Å². The summed E-state index contributed by atoms with van der Waals surface area (Å²) >= 11 is 3.12. The molecule has 1 N–H and O–H groups in total. The third-order valence-corrected chi connectivity index (χ3v) is 7.32. The van der Waals surface area contributed by atoms with E-state index >= 15 is 0 Å². The molecule has 5 rings (SSSR count). The first kappa shape index (κ1) is 21.2. The molecule has 0 aliphatic carbocycles. The molecule has 1 aromatic carbocycles. The van der Waals surface area contributed by atoms with Crippen LogP contribution in [0.1, 0.15) is 18.5 Å². The van der Waals surface area contributed by atoms with E-state index in [1.54, 1.807) is 28.4 Å². The summed E-state index contributed by atoms with van der Waals surface area (Å²) in [6.07, 6.45) is 3.13. The standard InChI is InChI=1S/C22H24N6O2S2/c29-19(6-3-12-31-21-24-17-4-1-2-5-18(17)25-21)27-9-7-26(8-10-27)15-16-14-20(30)28-11-13-32-22(28)23-16/h1-2,4-5,11,13-14H,3,6-10,12,15H2,(H,24,25). The SMILES string of the molecule is O=C(CCCSc1nc2ccccc2[nH]1)N1CCN(Cc2cc(=O)n3ccsc3n2)CC1. The smallest absolute Gasteiger partial charge is 0.258 e. The zero-order chi connectivity index (χ0) is 21.9. The monoisotopic (exact) mass is 468 g/mol. The Morgan fingerprint density at radius 1 is 1.16 bits per heavy atom. The highest BCUT2D eigenvalue weighted by Crippen LogP contribution is 2.20. The number of rotatable bonds is 7. The van der Waals surface area contributed by atoms with Crippen LogP contribution in [0.25, 0.3) is 16.0 Å². The molecule has 0 atom stereocenters. The van der Waals surface area contributed by atoms with Crippen LogP contribution in [-0.2, 0) is 11.3 Å². The number of hydrogen-bond acceptors (Lipinski definition) is 7. The van der Waals surface area contributed by atoms with Crippen LogP contribution < -0.4 is 5.56 Å². The van der Waals surface area contributed by atoms with Crippen molar-refractivity contribution < 1.29 is 4.79 Å². The van der Waals surface area contributed by atoms with Crippen LogP contribution in [0, 0.1) is 0 Å².